The number of carboxylic acids is 1. The zero-order valence-electron chi connectivity index (χ0n) is 7.74. The summed E-state index contributed by atoms with van der Waals surface area (Å²) in [5.74, 6) is -0.905. The van der Waals surface area contributed by atoms with Crippen LogP contribution in [0.5, 0.6) is 0 Å². The van der Waals surface area contributed by atoms with Crippen molar-refractivity contribution in [3.05, 3.63) is 41.5 Å². The van der Waals surface area contributed by atoms with Gasteiger partial charge in [0, 0.05) is 6.08 Å². The predicted octanol–water partition coefficient (Wildman–Crippen LogP) is 2.48. The van der Waals surface area contributed by atoms with E-state index in [-0.39, 0.29) is 0 Å². The molecule has 0 spiro atoms. The second-order valence-electron chi connectivity index (χ2n) is 3.03. The molecule has 0 saturated carbocycles. The molecule has 0 saturated heterocycles. The van der Waals surface area contributed by atoms with E-state index in [9.17, 15) is 4.79 Å². The van der Waals surface area contributed by atoms with Gasteiger partial charge >= 0.3 is 5.97 Å². The Bertz CT molecular complexity index is 334. The third kappa shape index (κ3) is 2.75. The van der Waals surface area contributed by atoms with Crippen LogP contribution in [-0.4, -0.2) is 11.1 Å². The van der Waals surface area contributed by atoms with Crippen molar-refractivity contribution >= 4 is 11.5 Å². The van der Waals surface area contributed by atoms with Gasteiger partial charge < -0.3 is 5.11 Å². The molecule has 1 N–H and O–H groups in total. The molecule has 0 aromatic heterocycles. The van der Waals surface area contributed by atoms with Gasteiger partial charge in [-0.15, -0.1) is 0 Å². The quantitative estimate of drug-likeness (QED) is 0.703. The minimum absolute atomic E-state index is 0.771. The summed E-state index contributed by atoms with van der Waals surface area (Å²) in [4.78, 5) is 10.4. The molecule has 0 heterocycles. The summed E-state index contributed by atoms with van der Waals surface area (Å²) in [5.41, 5.74) is 2.90. The fraction of sp³-hybridized carbons (Fsp3) is 0.182. The van der Waals surface area contributed by atoms with Gasteiger partial charge in [-0.2, -0.15) is 0 Å². The molecule has 0 aliphatic rings. The van der Waals surface area contributed by atoms with Crippen molar-refractivity contribution in [1.82, 2.24) is 0 Å². The van der Waals surface area contributed by atoms with Crippen LogP contribution in [-0.2, 0) is 4.79 Å². The van der Waals surface area contributed by atoms with E-state index in [0.29, 0.717) is 0 Å². The average Bonchev–Trinajstić information content (AvgIpc) is 2.04. The summed E-state index contributed by atoms with van der Waals surface area (Å²) in [5, 5.41) is 8.52. The second kappa shape index (κ2) is 3.90. The Morgan fingerprint density at radius 3 is 2.31 bits per heavy atom. The van der Waals surface area contributed by atoms with Crippen LogP contribution in [0.3, 0.4) is 0 Å². The zero-order chi connectivity index (χ0) is 9.84. The SMILES string of the molecule is CC(=CC(=O)O)c1ccc(C)cc1. The Kier molecular flexibility index (Phi) is 2.85. The number of aliphatic carboxylic acids is 1. The Hall–Kier alpha value is -1.57. The monoisotopic (exact) mass is 176 g/mol. The number of hydrogen-bond donors (Lipinski definition) is 1. The summed E-state index contributed by atoms with van der Waals surface area (Å²) in [6, 6.07) is 7.78. The highest BCUT2D eigenvalue weighted by molar-refractivity contribution is 5.89. The van der Waals surface area contributed by atoms with Gasteiger partial charge in [0.15, 0.2) is 0 Å². The van der Waals surface area contributed by atoms with Crippen molar-refractivity contribution in [2.45, 2.75) is 13.8 Å². The van der Waals surface area contributed by atoms with Crippen LogP contribution >= 0.6 is 0 Å². The third-order valence-electron chi connectivity index (χ3n) is 1.85. The molecule has 0 bridgehead atoms. The molecule has 0 atom stereocenters. The Morgan fingerprint density at radius 2 is 1.85 bits per heavy atom. The molecule has 0 amide bonds. The molecule has 0 radical (unpaired) electrons. The molecule has 1 rings (SSSR count). The molecule has 68 valence electrons. The second-order valence-corrected chi connectivity index (χ2v) is 3.03. The van der Waals surface area contributed by atoms with Crippen LogP contribution in [0.25, 0.3) is 5.57 Å². The summed E-state index contributed by atoms with van der Waals surface area (Å²) in [7, 11) is 0. The summed E-state index contributed by atoms with van der Waals surface area (Å²) >= 11 is 0. The van der Waals surface area contributed by atoms with Crippen LogP contribution in [0.2, 0.25) is 0 Å². The van der Waals surface area contributed by atoms with E-state index in [4.69, 9.17) is 5.11 Å². The lowest BCUT2D eigenvalue weighted by atomic mass is 10.1. The lowest BCUT2D eigenvalue weighted by molar-refractivity contribution is -0.131. The van der Waals surface area contributed by atoms with Gasteiger partial charge in [0.05, 0.1) is 0 Å². The number of rotatable bonds is 2. The highest BCUT2D eigenvalue weighted by Gasteiger charge is 1.97. The normalized spacial score (nSPS) is 11.4. The maximum Gasteiger partial charge on any atom is 0.328 e. The lowest BCUT2D eigenvalue weighted by Gasteiger charge is -2.00. The molecule has 0 unspecified atom stereocenters. The molecule has 2 nitrogen and oxygen atoms in total. The summed E-state index contributed by atoms with van der Waals surface area (Å²) in [6.07, 6.45) is 1.21. The summed E-state index contributed by atoms with van der Waals surface area (Å²) < 4.78 is 0. The van der Waals surface area contributed by atoms with Crippen molar-refractivity contribution in [2.75, 3.05) is 0 Å². The van der Waals surface area contributed by atoms with E-state index in [1.807, 2.05) is 31.2 Å². The molecule has 1 aromatic carbocycles. The number of aryl methyl sites for hydroxylation is 1. The van der Waals surface area contributed by atoms with Crippen molar-refractivity contribution in [3.8, 4) is 0 Å². The highest BCUT2D eigenvalue weighted by atomic mass is 16.4. The first-order valence-electron chi connectivity index (χ1n) is 4.08. The largest absolute Gasteiger partial charge is 0.478 e. The first-order chi connectivity index (χ1) is 6.09. The molecule has 0 aliphatic carbocycles. The standard InChI is InChI=1S/C11H12O2/c1-8-3-5-10(6-4-8)9(2)7-11(12)13/h3-7H,1-2H3,(H,12,13). The fourth-order valence-corrected chi connectivity index (χ4v) is 1.08. The van der Waals surface area contributed by atoms with Crippen molar-refractivity contribution in [2.24, 2.45) is 0 Å². The van der Waals surface area contributed by atoms with Crippen LogP contribution in [0.1, 0.15) is 18.1 Å². The molecule has 1 aromatic rings. The predicted molar refractivity (Wildman–Crippen MR) is 52.5 cm³/mol. The smallest absolute Gasteiger partial charge is 0.328 e. The van der Waals surface area contributed by atoms with E-state index in [1.165, 1.54) is 11.6 Å². The Labute approximate surface area is 77.5 Å². The molecule has 2 heteroatoms. The maximum absolute atomic E-state index is 10.4. The topological polar surface area (TPSA) is 37.3 Å². The molecule has 13 heavy (non-hydrogen) atoms. The van der Waals surface area contributed by atoms with Gasteiger partial charge in [-0.3, -0.25) is 0 Å². The fourth-order valence-electron chi connectivity index (χ4n) is 1.08. The van der Waals surface area contributed by atoms with Crippen molar-refractivity contribution in [1.29, 1.82) is 0 Å². The van der Waals surface area contributed by atoms with Gasteiger partial charge in [0.25, 0.3) is 0 Å². The van der Waals surface area contributed by atoms with E-state index in [2.05, 4.69) is 0 Å². The number of carboxylic acid groups (broad SMARTS) is 1. The van der Waals surface area contributed by atoms with Crippen LogP contribution in [0, 0.1) is 6.92 Å². The number of hydrogen-bond acceptors (Lipinski definition) is 1. The Morgan fingerprint density at radius 1 is 1.31 bits per heavy atom. The van der Waals surface area contributed by atoms with E-state index < -0.39 is 5.97 Å². The third-order valence-corrected chi connectivity index (χ3v) is 1.85. The van der Waals surface area contributed by atoms with E-state index in [1.54, 1.807) is 6.92 Å². The van der Waals surface area contributed by atoms with Gasteiger partial charge in [-0.1, -0.05) is 29.8 Å². The lowest BCUT2D eigenvalue weighted by Crippen LogP contribution is -1.89. The first-order valence-corrected chi connectivity index (χ1v) is 4.08. The van der Waals surface area contributed by atoms with Crippen molar-refractivity contribution < 1.29 is 9.90 Å². The number of benzene rings is 1. The molecule has 0 fully saturated rings. The number of allylic oxidation sites excluding steroid dienone is 1. The first kappa shape index (κ1) is 9.52. The van der Waals surface area contributed by atoms with Gasteiger partial charge in [-0.25, -0.2) is 4.79 Å². The summed E-state index contributed by atoms with van der Waals surface area (Å²) in [6.45, 7) is 3.79. The highest BCUT2D eigenvalue weighted by Crippen LogP contribution is 2.13. The van der Waals surface area contributed by atoms with Gasteiger partial charge in [-0.05, 0) is 25.0 Å². The average molecular weight is 176 g/mol. The van der Waals surface area contributed by atoms with Gasteiger partial charge in [0.1, 0.15) is 0 Å². The van der Waals surface area contributed by atoms with E-state index >= 15 is 0 Å². The van der Waals surface area contributed by atoms with E-state index in [0.717, 1.165) is 11.1 Å². The minimum atomic E-state index is -0.905. The van der Waals surface area contributed by atoms with Crippen LogP contribution in [0.15, 0.2) is 30.3 Å². The maximum atomic E-state index is 10.4. The molecular formula is C11H12O2. The molecule has 0 aliphatic heterocycles. The Balaban J connectivity index is 2.96. The van der Waals surface area contributed by atoms with Crippen LogP contribution in [0.4, 0.5) is 0 Å². The van der Waals surface area contributed by atoms with Crippen molar-refractivity contribution in [3.63, 3.8) is 0 Å². The minimum Gasteiger partial charge on any atom is -0.478 e. The number of carbonyl (C=O) groups is 1. The van der Waals surface area contributed by atoms with Gasteiger partial charge in [0.2, 0.25) is 0 Å². The van der Waals surface area contributed by atoms with Crippen LogP contribution < -0.4 is 0 Å². The molecular weight excluding hydrogens is 164 g/mol. The zero-order valence-corrected chi connectivity index (χ0v) is 7.74.